The summed E-state index contributed by atoms with van der Waals surface area (Å²) in [6.45, 7) is 1.34. The average Bonchev–Trinajstić information content (AvgIpc) is 3.19. The Bertz CT molecular complexity index is 575. The molecule has 0 spiro atoms. The first-order chi connectivity index (χ1) is 9.78. The number of nitrogens with zero attached hydrogens (tertiary/aromatic N) is 4. The number of nitrogens with two attached hydrogens (primary N) is 1. The van der Waals surface area contributed by atoms with E-state index in [9.17, 15) is 4.79 Å². The van der Waals surface area contributed by atoms with E-state index in [1.165, 1.54) is 0 Å². The lowest BCUT2D eigenvalue weighted by molar-refractivity contribution is -0.133. The zero-order chi connectivity index (χ0) is 13.9. The molecule has 3 N–H and O–H groups in total. The minimum Gasteiger partial charge on any atom is -0.363 e. The Kier molecular flexibility index (Phi) is 3.51. The summed E-state index contributed by atoms with van der Waals surface area (Å²) >= 11 is 0. The van der Waals surface area contributed by atoms with Crippen molar-refractivity contribution in [3.8, 4) is 0 Å². The Labute approximate surface area is 116 Å². The first-order valence-electron chi connectivity index (χ1n) is 6.80. The highest BCUT2D eigenvalue weighted by Crippen LogP contribution is 2.30. The van der Waals surface area contributed by atoms with Crippen molar-refractivity contribution in [3.63, 3.8) is 0 Å². The van der Waals surface area contributed by atoms with Crippen LogP contribution in [0.2, 0.25) is 0 Å². The number of aromatic nitrogens is 4. The van der Waals surface area contributed by atoms with E-state index in [2.05, 4.69) is 15.3 Å². The quantitative estimate of drug-likeness (QED) is 0.845. The molecule has 1 aliphatic heterocycles. The molecule has 0 aromatic carbocycles. The van der Waals surface area contributed by atoms with Crippen LogP contribution in [0.4, 0.5) is 0 Å². The van der Waals surface area contributed by atoms with Crippen LogP contribution in [0.1, 0.15) is 30.3 Å². The lowest BCUT2D eigenvalue weighted by Gasteiger charge is -2.23. The van der Waals surface area contributed by atoms with Gasteiger partial charge in [-0.2, -0.15) is 0 Å². The Balaban J connectivity index is 1.70. The van der Waals surface area contributed by atoms with Crippen molar-refractivity contribution in [2.75, 3.05) is 6.54 Å². The Morgan fingerprint density at radius 1 is 1.55 bits per heavy atom. The third-order valence-corrected chi connectivity index (χ3v) is 3.65. The van der Waals surface area contributed by atoms with E-state index in [-0.39, 0.29) is 18.5 Å². The zero-order valence-corrected chi connectivity index (χ0v) is 11.2. The van der Waals surface area contributed by atoms with E-state index in [0.29, 0.717) is 12.2 Å². The van der Waals surface area contributed by atoms with Gasteiger partial charge in [0.05, 0.1) is 17.9 Å². The molecule has 3 rings (SSSR count). The van der Waals surface area contributed by atoms with Crippen LogP contribution in [-0.2, 0) is 17.9 Å². The highest BCUT2D eigenvalue weighted by atomic mass is 16.2. The van der Waals surface area contributed by atoms with Crippen LogP contribution in [0.3, 0.4) is 0 Å². The van der Waals surface area contributed by atoms with Crippen LogP contribution in [0.25, 0.3) is 0 Å². The van der Waals surface area contributed by atoms with E-state index < -0.39 is 0 Å². The first kappa shape index (κ1) is 12.9. The topological polar surface area (TPSA) is 92.8 Å². The van der Waals surface area contributed by atoms with Crippen molar-refractivity contribution in [2.24, 2.45) is 5.73 Å². The van der Waals surface area contributed by atoms with Crippen molar-refractivity contribution in [2.45, 2.75) is 32.0 Å². The molecule has 1 aliphatic rings. The first-order valence-corrected chi connectivity index (χ1v) is 6.80. The summed E-state index contributed by atoms with van der Waals surface area (Å²) in [5.74, 6) is 0.0653. The number of hydrogen-bond acceptors (Lipinski definition) is 4. The lowest BCUT2D eigenvalue weighted by atomic mass is 10.1. The van der Waals surface area contributed by atoms with Gasteiger partial charge in [-0.05, 0) is 25.0 Å². The molecule has 20 heavy (non-hydrogen) atoms. The highest BCUT2D eigenvalue weighted by molar-refractivity contribution is 5.76. The van der Waals surface area contributed by atoms with E-state index in [1.807, 2.05) is 23.2 Å². The number of aromatic amines is 1. The fourth-order valence-electron chi connectivity index (χ4n) is 2.68. The van der Waals surface area contributed by atoms with Gasteiger partial charge < -0.3 is 15.6 Å². The average molecular weight is 274 g/mol. The molecule has 2 aromatic heterocycles. The molecule has 1 saturated heterocycles. The number of amides is 1. The van der Waals surface area contributed by atoms with Gasteiger partial charge in [-0.15, -0.1) is 5.10 Å². The molecule has 0 radical (unpaired) electrons. The number of H-pyrrole nitrogens is 1. The summed E-state index contributed by atoms with van der Waals surface area (Å²) < 4.78 is 1.55. The molecule has 1 amide bonds. The second kappa shape index (κ2) is 5.46. The molecule has 1 atom stereocenters. The van der Waals surface area contributed by atoms with Gasteiger partial charge in [0.2, 0.25) is 5.91 Å². The summed E-state index contributed by atoms with van der Waals surface area (Å²) in [6, 6.07) is 4.13. The minimum atomic E-state index is 0.0653. The smallest absolute Gasteiger partial charge is 0.244 e. The number of rotatable bonds is 4. The second-order valence-electron chi connectivity index (χ2n) is 4.98. The standard InChI is InChI=1S/C13H18N6O/c14-7-10-8-18(17-16-10)9-13(20)19-6-2-4-12(19)11-3-1-5-15-11/h1,3,5,8,12,15H,2,4,6-7,9,14H2. The van der Waals surface area contributed by atoms with Crippen molar-refractivity contribution in [1.82, 2.24) is 24.9 Å². The molecular formula is C13H18N6O. The molecule has 7 heteroatoms. The predicted octanol–water partition coefficient (Wildman–Crippen LogP) is 0.429. The van der Waals surface area contributed by atoms with Gasteiger partial charge in [0.25, 0.3) is 0 Å². The normalized spacial score (nSPS) is 18.6. The Morgan fingerprint density at radius 2 is 2.45 bits per heavy atom. The number of nitrogens with one attached hydrogen (secondary N) is 1. The summed E-state index contributed by atoms with van der Waals surface area (Å²) in [6.07, 6.45) is 5.64. The summed E-state index contributed by atoms with van der Waals surface area (Å²) in [5, 5.41) is 7.81. The maximum absolute atomic E-state index is 12.4. The van der Waals surface area contributed by atoms with E-state index >= 15 is 0 Å². The molecule has 0 aliphatic carbocycles. The number of likely N-dealkylation sites (tertiary alicyclic amines) is 1. The zero-order valence-electron chi connectivity index (χ0n) is 11.2. The Hall–Kier alpha value is -2.15. The van der Waals surface area contributed by atoms with Crippen molar-refractivity contribution >= 4 is 5.91 Å². The summed E-state index contributed by atoms with van der Waals surface area (Å²) in [5.41, 5.74) is 7.28. The Morgan fingerprint density at radius 3 is 3.15 bits per heavy atom. The van der Waals surface area contributed by atoms with Gasteiger partial charge in [0, 0.05) is 25.0 Å². The molecule has 2 aromatic rings. The van der Waals surface area contributed by atoms with Crippen LogP contribution in [0.15, 0.2) is 24.5 Å². The van der Waals surface area contributed by atoms with Crippen LogP contribution < -0.4 is 5.73 Å². The predicted molar refractivity (Wildman–Crippen MR) is 72.4 cm³/mol. The number of carbonyl (C=O) groups is 1. The van der Waals surface area contributed by atoms with Gasteiger partial charge in [-0.25, -0.2) is 4.68 Å². The highest BCUT2D eigenvalue weighted by Gasteiger charge is 2.30. The van der Waals surface area contributed by atoms with Crippen molar-refractivity contribution in [3.05, 3.63) is 35.9 Å². The van der Waals surface area contributed by atoms with Gasteiger partial charge >= 0.3 is 0 Å². The maximum Gasteiger partial charge on any atom is 0.244 e. The summed E-state index contributed by atoms with van der Waals surface area (Å²) in [7, 11) is 0. The molecular weight excluding hydrogens is 256 g/mol. The molecule has 1 unspecified atom stereocenters. The number of hydrogen-bond donors (Lipinski definition) is 2. The third-order valence-electron chi connectivity index (χ3n) is 3.65. The van der Waals surface area contributed by atoms with E-state index in [0.717, 1.165) is 25.1 Å². The van der Waals surface area contributed by atoms with Crippen LogP contribution in [-0.4, -0.2) is 37.3 Å². The van der Waals surface area contributed by atoms with E-state index in [4.69, 9.17) is 5.73 Å². The van der Waals surface area contributed by atoms with Gasteiger partial charge in [0.15, 0.2) is 0 Å². The van der Waals surface area contributed by atoms with Crippen LogP contribution >= 0.6 is 0 Å². The van der Waals surface area contributed by atoms with Crippen LogP contribution in [0, 0.1) is 0 Å². The van der Waals surface area contributed by atoms with E-state index in [1.54, 1.807) is 10.9 Å². The van der Waals surface area contributed by atoms with Gasteiger partial charge in [-0.3, -0.25) is 4.79 Å². The fourth-order valence-corrected chi connectivity index (χ4v) is 2.68. The molecule has 1 fully saturated rings. The molecule has 106 valence electrons. The molecule has 0 bridgehead atoms. The number of carbonyl (C=O) groups excluding carboxylic acids is 1. The fraction of sp³-hybridized carbons (Fsp3) is 0.462. The lowest BCUT2D eigenvalue weighted by Crippen LogP contribution is -2.33. The van der Waals surface area contributed by atoms with Gasteiger partial charge in [-0.1, -0.05) is 5.21 Å². The molecule has 3 heterocycles. The van der Waals surface area contributed by atoms with Crippen LogP contribution in [0.5, 0.6) is 0 Å². The SMILES string of the molecule is NCc1cn(CC(=O)N2CCCC2c2ccc[nH]2)nn1. The third kappa shape index (κ3) is 2.44. The molecule has 0 saturated carbocycles. The maximum atomic E-state index is 12.4. The summed E-state index contributed by atoms with van der Waals surface area (Å²) in [4.78, 5) is 17.5. The van der Waals surface area contributed by atoms with Gasteiger partial charge in [0.1, 0.15) is 6.54 Å². The van der Waals surface area contributed by atoms with Crippen molar-refractivity contribution in [1.29, 1.82) is 0 Å². The monoisotopic (exact) mass is 274 g/mol. The minimum absolute atomic E-state index is 0.0653. The largest absolute Gasteiger partial charge is 0.363 e. The molecule has 7 nitrogen and oxygen atoms in total. The van der Waals surface area contributed by atoms with Crippen molar-refractivity contribution < 1.29 is 4.79 Å². The second-order valence-corrected chi connectivity index (χ2v) is 4.98.